The summed E-state index contributed by atoms with van der Waals surface area (Å²) in [5.41, 5.74) is 3.31. The van der Waals surface area contributed by atoms with Crippen LogP contribution in [0.4, 0.5) is 5.69 Å². The Balaban J connectivity index is 1.68. The van der Waals surface area contributed by atoms with Crippen LogP contribution in [0.1, 0.15) is 38.8 Å². The number of nitrogens with one attached hydrogen (secondary N) is 2. The molecule has 3 aromatic carbocycles. The maximum Gasteiger partial charge on any atom is 0.255 e. The summed E-state index contributed by atoms with van der Waals surface area (Å²) in [7, 11) is 0. The summed E-state index contributed by atoms with van der Waals surface area (Å²) in [6, 6.07) is 21.9. The predicted octanol–water partition coefficient (Wildman–Crippen LogP) is 4.58. The predicted molar refractivity (Wildman–Crippen MR) is 114 cm³/mol. The van der Waals surface area contributed by atoms with E-state index in [1.807, 2.05) is 56.3 Å². The van der Waals surface area contributed by atoms with Gasteiger partial charge in [0.2, 0.25) is 0 Å². The van der Waals surface area contributed by atoms with Crippen LogP contribution in [0.15, 0.2) is 72.8 Å². The van der Waals surface area contributed by atoms with Crippen molar-refractivity contribution >= 4 is 17.5 Å². The number of ether oxygens (including phenoxy) is 1. The highest BCUT2D eigenvalue weighted by molar-refractivity contribution is 6.09. The summed E-state index contributed by atoms with van der Waals surface area (Å²) in [5.74, 6) is 0.307. The van der Waals surface area contributed by atoms with E-state index in [-0.39, 0.29) is 11.8 Å². The van der Waals surface area contributed by atoms with Crippen LogP contribution in [-0.4, -0.2) is 18.4 Å². The fourth-order valence-electron chi connectivity index (χ4n) is 2.96. The van der Waals surface area contributed by atoms with Gasteiger partial charge in [0.25, 0.3) is 11.8 Å². The first-order valence-corrected chi connectivity index (χ1v) is 9.54. The molecule has 0 atom stereocenters. The Hall–Kier alpha value is -3.60. The van der Waals surface area contributed by atoms with Gasteiger partial charge in [0.1, 0.15) is 5.75 Å². The second-order valence-corrected chi connectivity index (χ2v) is 6.57. The van der Waals surface area contributed by atoms with Crippen molar-refractivity contribution in [2.45, 2.75) is 20.4 Å². The number of benzene rings is 3. The fraction of sp³-hybridized carbons (Fsp3) is 0.167. The van der Waals surface area contributed by atoms with E-state index in [0.29, 0.717) is 30.0 Å². The zero-order chi connectivity index (χ0) is 20.6. The minimum Gasteiger partial charge on any atom is -0.494 e. The monoisotopic (exact) mass is 388 g/mol. The highest BCUT2D eigenvalue weighted by Crippen LogP contribution is 2.18. The fourth-order valence-corrected chi connectivity index (χ4v) is 2.96. The Morgan fingerprint density at radius 3 is 2.17 bits per heavy atom. The molecular weight excluding hydrogens is 364 g/mol. The number of rotatable bonds is 7. The summed E-state index contributed by atoms with van der Waals surface area (Å²) < 4.78 is 5.43. The number of anilines is 1. The van der Waals surface area contributed by atoms with Crippen LogP contribution in [0.25, 0.3) is 0 Å². The summed E-state index contributed by atoms with van der Waals surface area (Å²) in [6.07, 6.45) is 0. The molecule has 2 N–H and O–H groups in total. The van der Waals surface area contributed by atoms with Crippen molar-refractivity contribution in [1.29, 1.82) is 0 Å². The Morgan fingerprint density at radius 2 is 1.48 bits per heavy atom. The van der Waals surface area contributed by atoms with Gasteiger partial charge in [0.15, 0.2) is 0 Å². The minimum atomic E-state index is -0.250. The lowest BCUT2D eigenvalue weighted by molar-refractivity contribution is 0.0952. The van der Waals surface area contributed by atoms with E-state index in [0.717, 1.165) is 16.9 Å². The Kier molecular flexibility index (Phi) is 6.63. The highest BCUT2D eigenvalue weighted by Gasteiger charge is 2.15. The Labute approximate surface area is 170 Å². The first kappa shape index (κ1) is 20.1. The van der Waals surface area contributed by atoms with Crippen molar-refractivity contribution in [2.24, 2.45) is 0 Å². The minimum absolute atomic E-state index is 0.241. The molecule has 5 heteroatoms. The van der Waals surface area contributed by atoms with Crippen LogP contribution in [0, 0.1) is 6.92 Å². The third kappa shape index (κ3) is 5.23. The van der Waals surface area contributed by atoms with Crippen LogP contribution in [-0.2, 0) is 6.54 Å². The lowest BCUT2D eigenvalue weighted by Gasteiger charge is -2.12. The van der Waals surface area contributed by atoms with Crippen LogP contribution in [0.2, 0.25) is 0 Å². The SMILES string of the molecule is CCOc1ccc(CNC(=O)c2ccccc2NC(=O)c2ccccc2C)cc1. The van der Waals surface area contributed by atoms with E-state index < -0.39 is 0 Å². The van der Waals surface area contributed by atoms with E-state index in [1.54, 1.807) is 30.3 Å². The summed E-state index contributed by atoms with van der Waals surface area (Å²) in [4.78, 5) is 25.3. The van der Waals surface area contributed by atoms with Crippen molar-refractivity contribution in [3.8, 4) is 5.75 Å². The topological polar surface area (TPSA) is 67.4 Å². The van der Waals surface area contributed by atoms with Gasteiger partial charge < -0.3 is 15.4 Å². The molecule has 0 bridgehead atoms. The van der Waals surface area contributed by atoms with E-state index in [2.05, 4.69) is 10.6 Å². The lowest BCUT2D eigenvalue weighted by Crippen LogP contribution is -2.25. The second-order valence-electron chi connectivity index (χ2n) is 6.57. The number of carbonyl (C=O) groups excluding carboxylic acids is 2. The van der Waals surface area contributed by atoms with Gasteiger partial charge in [-0.05, 0) is 55.3 Å². The maximum atomic E-state index is 12.7. The van der Waals surface area contributed by atoms with Gasteiger partial charge in [-0.1, -0.05) is 42.5 Å². The van der Waals surface area contributed by atoms with E-state index in [4.69, 9.17) is 4.74 Å². The number of carbonyl (C=O) groups is 2. The molecule has 3 rings (SSSR count). The Bertz CT molecular complexity index is 997. The molecular formula is C24H24N2O3. The van der Waals surface area contributed by atoms with Crippen LogP contribution in [0.5, 0.6) is 5.75 Å². The zero-order valence-corrected chi connectivity index (χ0v) is 16.6. The molecule has 0 aromatic heterocycles. The van der Waals surface area contributed by atoms with E-state index >= 15 is 0 Å². The van der Waals surface area contributed by atoms with Crippen LogP contribution < -0.4 is 15.4 Å². The van der Waals surface area contributed by atoms with Crippen molar-refractivity contribution in [2.75, 3.05) is 11.9 Å². The Morgan fingerprint density at radius 1 is 0.828 bits per heavy atom. The molecule has 0 spiro atoms. The molecule has 0 heterocycles. The molecule has 0 aliphatic rings. The standard InChI is InChI=1S/C24H24N2O3/c1-3-29-19-14-12-18(13-15-19)16-25-23(27)21-10-6-7-11-22(21)26-24(28)20-9-5-4-8-17(20)2/h4-15H,3,16H2,1-2H3,(H,25,27)(H,26,28). The summed E-state index contributed by atoms with van der Waals surface area (Å²) >= 11 is 0. The number of amides is 2. The molecule has 0 aliphatic carbocycles. The van der Waals surface area contributed by atoms with Gasteiger partial charge in [-0.3, -0.25) is 9.59 Å². The van der Waals surface area contributed by atoms with Crippen molar-refractivity contribution in [3.63, 3.8) is 0 Å². The first-order chi connectivity index (χ1) is 14.1. The smallest absolute Gasteiger partial charge is 0.255 e. The second kappa shape index (κ2) is 9.55. The van der Waals surface area contributed by atoms with Crippen molar-refractivity contribution in [1.82, 2.24) is 5.32 Å². The lowest BCUT2D eigenvalue weighted by atomic mass is 10.1. The molecule has 0 aliphatic heterocycles. The number of hydrogen-bond donors (Lipinski definition) is 2. The number of hydrogen-bond acceptors (Lipinski definition) is 3. The van der Waals surface area contributed by atoms with Gasteiger partial charge in [-0.2, -0.15) is 0 Å². The zero-order valence-electron chi connectivity index (χ0n) is 16.6. The van der Waals surface area contributed by atoms with E-state index in [9.17, 15) is 9.59 Å². The molecule has 0 saturated heterocycles. The summed E-state index contributed by atoms with van der Waals surface area (Å²) in [5, 5.41) is 5.75. The van der Waals surface area contributed by atoms with E-state index in [1.165, 1.54) is 0 Å². The molecule has 2 amide bonds. The van der Waals surface area contributed by atoms with Crippen molar-refractivity contribution in [3.05, 3.63) is 95.1 Å². The van der Waals surface area contributed by atoms with Gasteiger partial charge in [0, 0.05) is 12.1 Å². The molecule has 0 saturated carbocycles. The largest absolute Gasteiger partial charge is 0.494 e. The quantitative estimate of drug-likeness (QED) is 0.623. The first-order valence-electron chi connectivity index (χ1n) is 9.54. The van der Waals surface area contributed by atoms with Crippen LogP contribution >= 0.6 is 0 Å². The normalized spacial score (nSPS) is 10.3. The highest BCUT2D eigenvalue weighted by atomic mass is 16.5. The number of aryl methyl sites for hydroxylation is 1. The average molecular weight is 388 g/mol. The van der Waals surface area contributed by atoms with Crippen molar-refractivity contribution < 1.29 is 14.3 Å². The molecule has 0 unspecified atom stereocenters. The number of para-hydroxylation sites is 1. The molecule has 148 valence electrons. The molecule has 3 aromatic rings. The van der Waals surface area contributed by atoms with Gasteiger partial charge in [-0.25, -0.2) is 0 Å². The molecule has 0 radical (unpaired) electrons. The molecule has 0 fully saturated rings. The third-order valence-corrected chi connectivity index (χ3v) is 4.50. The maximum absolute atomic E-state index is 12.7. The van der Waals surface area contributed by atoms with Gasteiger partial charge in [-0.15, -0.1) is 0 Å². The van der Waals surface area contributed by atoms with Crippen LogP contribution in [0.3, 0.4) is 0 Å². The molecule has 5 nitrogen and oxygen atoms in total. The van der Waals surface area contributed by atoms with Gasteiger partial charge >= 0.3 is 0 Å². The molecule has 29 heavy (non-hydrogen) atoms. The average Bonchev–Trinajstić information content (AvgIpc) is 2.74. The third-order valence-electron chi connectivity index (χ3n) is 4.50. The van der Waals surface area contributed by atoms with Gasteiger partial charge in [0.05, 0.1) is 17.9 Å². The summed E-state index contributed by atoms with van der Waals surface area (Å²) in [6.45, 7) is 4.81.